The Morgan fingerprint density at radius 1 is 1.07 bits per heavy atom. The fourth-order valence-electron chi connectivity index (χ4n) is 3.82. The van der Waals surface area contributed by atoms with Crippen molar-refractivity contribution in [2.45, 2.75) is 33.0 Å². The SMILES string of the molecule is Cc1c(CN2Cc3ccccc3O[C@@H](C)C2)c(=O)n(-c2ccccc2)n1C. The average molecular weight is 363 g/mol. The van der Waals surface area contributed by atoms with Crippen molar-refractivity contribution in [3.63, 3.8) is 0 Å². The van der Waals surface area contributed by atoms with E-state index in [4.69, 9.17) is 4.74 Å². The molecule has 0 bridgehead atoms. The third kappa shape index (κ3) is 3.30. The van der Waals surface area contributed by atoms with Gasteiger partial charge in [0.2, 0.25) is 0 Å². The lowest BCUT2D eigenvalue weighted by Gasteiger charge is -2.21. The van der Waals surface area contributed by atoms with E-state index in [-0.39, 0.29) is 11.7 Å². The molecule has 0 spiro atoms. The minimum absolute atomic E-state index is 0.0484. The highest BCUT2D eigenvalue weighted by Crippen LogP contribution is 2.25. The normalized spacial score (nSPS) is 17.2. The fourth-order valence-corrected chi connectivity index (χ4v) is 3.82. The summed E-state index contributed by atoms with van der Waals surface area (Å²) in [6.07, 6.45) is 0.0778. The van der Waals surface area contributed by atoms with E-state index in [1.165, 1.54) is 5.56 Å². The van der Waals surface area contributed by atoms with Gasteiger partial charge in [-0.25, -0.2) is 4.68 Å². The lowest BCUT2D eigenvalue weighted by molar-refractivity contribution is 0.156. The van der Waals surface area contributed by atoms with E-state index < -0.39 is 0 Å². The van der Waals surface area contributed by atoms with Crippen molar-refractivity contribution in [3.05, 3.63) is 81.8 Å². The molecule has 1 aliphatic rings. The van der Waals surface area contributed by atoms with Crippen LogP contribution in [0.2, 0.25) is 0 Å². The van der Waals surface area contributed by atoms with E-state index in [0.29, 0.717) is 6.54 Å². The molecule has 5 nitrogen and oxygen atoms in total. The number of nitrogens with zero attached hydrogens (tertiary/aromatic N) is 3. The Morgan fingerprint density at radius 3 is 2.56 bits per heavy atom. The predicted octanol–water partition coefficient (Wildman–Crippen LogP) is 3.27. The summed E-state index contributed by atoms with van der Waals surface area (Å²) >= 11 is 0. The van der Waals surface area contributed by atoms with Gasteiger partial charge in [-0.15, -0.1) is 0 Å². The second-order valence-corrected chi connectivity index (χ2v) is 7.25. The molecule has 0 unspecified atom stereocenters. The first-order chi connectivity index (χ1) is 13.0. The molecule has 2 heterocycles. The van der Waals surface area contributed by atoms with Crippen LogP contribution in [0.5, 0.6) is 5.75 Å². The molecule has 0 radical (unpaired) electrons. The van der Waals surface area contributed by atoms with Crippen LogP contribution in [0.4, 0.5) is 0 Å². The first-order valence-electron chi connectivity index (χ1n) is 9.34. The van der Waals surface area contributed by atoms with Gasteiger partial charge in [-0.1, -0.05) is 36.4 Å². The standard InChI is InChI=1S/C22H25N3O2/c1-16-13-24(14-18-9-7-8-12-21(18)27-16)15-20-17(2)23(3)25(22(20)26)19-10-5-4-6-11-19/h4-12,16H,13-15H2,1-3H3/t16-/m0/s1. The summed E-state index contributed by atoms with van der Waals surface area (Å²) in [6, 6.07) is 17.9. The Labute approximate surface area is 159 Å². The van der Waals surface area contributed by atoms with Crippen LogP contribution in [-0.4, -0.2) is 26.9 Å². The number of benzene rings is 2. The Hall–Kier alpha value is -2.79. The molecule has 0 fully saturated rings. The van der Waals surface area contributed by atoms with Crippen LogP contribution in [0.25, 0.3) is 5.69 Å². The first-order valence-corrected chi connectivity index (χ1v) is 9.34. The van der Waals surface area contributed by atoms with Crippen LogP contribution >= 0.6 is 0 Å². The van der Waals surface area contributed by atoms with Gasteiger partial charge in [0.1, 0.15) is 11.9 Å². The van der Waals surface area contributed by atoms with E-state index >= 15 is 0 Å². The van der Waals surface area contributed by atoms with Crippen LogP contribution in [0.3, 0.4) is 0 Å². The third-order valence-electron chi connectivity index (χ3n) is 5.27. The highest BCUT2D eigenvalue weighted by Gasteiger charge is 2.23. The molecule has 27 heavy (non-hydrogen) atoms. The lowest BCUT2D eigenvalue weighted by Crippen LogP contribution is -2.32. The molecule has 0 aliphatic carbocycles. The molecule has 1 aromatic heterocycles. The molecule has 140 valence electrons. The first kappa shape index (κ1) is 17.6. The number of aromatic nitrogens is 2. The summed E-state index contributed by atoms with van der Waals surface area (Å²) in [6.45, 7) is 6.27. The van der Waals surface area contributed by atoms with E-state index in [2.05, 4.69) is 17.9 Å². The molecule has 0 N–H and O–H groups in total. The topological polar surface area (TPSA) is 39.4 Å². The summed E-state index contributed by atoms with van der Waals surface area (Å²) in [5, 5.41) is 0. The quantitative estimate of drug-likeness (QED) is 0.717. The van der Waals surface area contributed by atoms with Crippen molar-refractivity contribution in [1.82, 2.24) is 14.3 Å². The smallest absolute Gasteiger partial charge is 0.276 e. The molecule has 0 saturated heterocycles. The average Bonchev–Trinajstić information content (AvgIpc) is 2.80. The summed E-state index contributed by atoms with van der Waals surface area (Å²) in [5.74, 6) is 0.944. The fraction of sp³-hybridized carbons (Fsp3) is 0.318. The highest BCUT2D eigenvalue weighted by atomic mass is 16.5. The third-order valence-corrected chi connectivity index (χ3v) is 5.27. The van der Waals surface area contributed by atoms with Gasteiger partial charge in [0, 0.05) is 37.9 Å². The van der Waals surface area contributed by atoms with Crippen molar-refractivity contribution in [3.8, 4) is 11.4 Å². The zero-order chi connectivity index (χ0) is 19.0. The second kappa shape index (κ2) is 7.08. The second-order valence-electron chi connectivity index (χ2n) is 7.25. The van der Waals surface area contributed by atoms with Crippen molar-refractivity contribution < 1.29 is 4.74 Å². The summed E-state index contributed by atoms with van der Waals surface area (Å²) in [5.41, 5.74) is 3.94. The largest absolute Gasteiger partial charge is 0.489 e. The predicted molar refractivity (Wildman–Crippen MR) is 106 cm³/mol. The van der Waals surface area contributed by atoms with Crippen LogP contribution in [0.1, 0.15) is 23.7 Å². The molecular formula is C22H25N3O2. The van der Waals surface area contributed by atoms with Gasteiger partial charge in [-0.3, -0.25) is 14.4 Å². The van der Waals surface area contributed by atoms with Gasteiger partial charge in [0.15, 0.2) is 0 Å². The van der Waals surface area contributed by atoms with Crippen molar-refractivity contribution in [2.75, 3.05) is 6.54 Å². The Balaban J connectivity index is 1.68. The Kier molecular flexibility index (Phi) is 4.62. The van der Waals surface area contributed by atoms with Crippen molar-refractivity contribution >= 4 is 0 Å². The Morgan fingerprint density at radius 2 is 1.78 bits per heavy atom. The maximum atomic E-state index is 13.2. The summed E-state index contributed by atoms with van der Waals surface area (Å²) in [4.78, 5) is 15.5. The van der Waals surface area contributed by atoms with Gasteiger partial charge < -0.3 is 4.74 Å². The van der Waals surface area contributed by atoms with Crippen LogP contribution in [-0.2, 0) is 20.1 Å². The van der Waals surface area contributed by atoms with Gasteiger partial charge in [-0.05, 0) is 32.0 Å². The molecular weight excluding hydrogens is 338 g/mol. The van der Waals surface area contributed by atoms with Crippen LogP contribution < -0.4 is 10.3 Å². The van der Waals surface area contributed by atoms with E-state index in [9.17, 15) is 4.79 Å². The molecule has 2 aromatic carbocycles. The Bertz CT molecular complexity index is 1000. The van der Waals surface area contributed by atoms with Crippen LogP contribution in [0, 0.1) is 6.92 Å². The van der Waals surface area contributed by atoms with Crippen LogP contribution in [0.15, 0.2) is 59.4 Å². The number of ether oxygens (including phenoxy) is 1. The zero-order valence-electron chi connectivity index (χ0n) is 16.1. The van der Waals surface area contributed by atoms with Gasteiger partial charge >= 0.3 is 0 Å². The molecule has 3 aromatic rings. The van der Waals surface area contributed by atoms with Gasteiger partial charge in [0.05, 0.1) is 11.3 Å². The summed E-state index contributed by atoms with van der Waals surface area (Å²) in [7, 11) is 1.94. The number of rotatable bonds is 3. The monoisotopic (exact) mass is 363 g/mol. The minimum atomic E-state index is 0.0484. The number of fused-ring (bicyclic) bond motifs is 1. The van der Waals surface area contributed by atoms with Gasteiger partial charge in [-0.2, -0.15) is 0 Å². The van der Waals surface area contributed by atoms with Crippen molar-refractivity contribution in [1.29, 1.82) is 0 Å². The molecule has 5 heteroatoms. The molecule has 1 aliphatic heterocycles. The molecule has 0 amide bonds. The summed E-state index contributed by atoms with van der Waals surface area (Å²) < 4.78 is 9.74. The van der Waals surface area contributed by atoms with E-state index in [1.807, 2.05) is 67.2 Å². The van der Waals surface area contributed by atoms with Gasteiger partial charge in [0.25, 0.3) is 5.56 Å². The molecule has 1 atom stereocenters. The van der Waals surface area contributed by atoms with Crippen molar-refractivity contribution in [2.24, 2.45) is 7.05 Å². The van der Waals surface area contributed by atoms with E-state index in [0.717, 1.165) is 35.8 Å². The lowest BCUT2D eigenvalue weighted by atomic mass is 10.1. The maximum absolute atomic E-state index is 13.2. The molecule has 0 saturated carbocycles. The van der Waals surface area contributed by atoms with E-state index in [1.54, 1.807) is 4.68 Å². The molecule has 4 rings (SSSR count). The zero-order valence-corrected chi connectivity index (χ0v) is 16.1. The highest BCUT2D eigenvalue weighted by molar-refractivity contribution is 5.35. The number of hydrogen-bond acceptors (Lipinski definition) is 3. The number of hydrogen-bond donors (Lipinski definition) is 0. The maximum Gasteiger partial charge on any atom is 0.276 e. The minimum Gasteiger partial charge on any atom is -0.489 e. The number of para-hydroxylation sites is 2.